The van der Waals surface area contributed by atoms with Gasteiger partial charge in [0.2, 0.25) is 0 Å². The van der Waals surface area contributed by atoms with Gasteiger partial charge in [-0.3, -0.25) is 4.79 Å². The summed E-state index contributed by atoms with van der Waals surface area (Å²) in [5, 5.41) is 0. The summed E-state index contributed by atoms with van der Waals surface area (Å²) in [6.07, 6.45) is 0.667. The SMILES string of the molecule is Cc1cccc(C)c1-c1cc(F)cc(C=O)c1. The van der Waals surface area contributed by atoms with E-state index < -0.39 is 0 Å². The first-order valence-electron chi connectivity index (χ1n) is 5.44. The molecule has 0 aromatic heterocycles. The molecule has 1 nitrogen and oxygen atoms in total. The molecule has 0 saturated heterocycles. The van der Waals surface area contributed by atoms with Gasteiger partial charge in [-0.15, -0.1) is 0 Å². The third-order valence-corrected chi connectivity index (χ3v) is 2.83. The third kappa shape index (κ3) is 2.26. The Hall–Kier alpha value is -1.96. The molecule has 0 heterocycles. The minimum Gasteiger partial charge on any atom is -0.298 e. The van der Waals surface area contributed by atoms with E-state index in [-0.39, 0.29) is 5.82 Å². The number of hydrogen-bond acceptors (Lipinski definition) is 1. The first-order valence-corrected chi connectivity index (χ1v) is 5.44. The molecule has 0 atom stereocenters. The summed E-state index contributed by atoms with van der Waals surface area (Å²) in [4.78, 5) is 10.7. The zero-order chi connectivity index (χ0) is 12.4. The fraction of sp³-hybridized carbons (Fsp3) is 0.133. The molecule has 0 fully saturated rings. The van der Waals surface area contributed by atoms with E-state index in [1.165, 1.54) is 12.1 Å². The summed E-state index contributed by atoms with van der Waals surface area (Å²) >= 11 is 0. The molecule has 0 aliphatic heterocycles. The third-order valence-electron chi connectivity index (χ3n) is 2.83. The van der Waals surface area contributed by atoms with E-state index in [2.05, 4.69) is 0 Å². The highest BCUT2D eigenvalue weighted by Crippen LogP contribution is 2.28. The van der Waals surface area contributed by atoms with Crippen LogP contribution in [-0.4, -0.2) is 6.29 Å². The Morgan fingerprint density at radius 2 is 1.71 bits per heavy atom. The summed E-state index contributed by atoms with van der Waals surface area (Å²) in [6, 6.07) is 10.3. The molecule has 0 spiro atoms. The van der Waals surface area contributed by atoms with E-state index >= 15 is 0 Å². The van der Waals surface area contributed by atoms with E-state index in [9.17, 15) is 9.18 Å². The molecule has 2 rings (SSSR count). The Morgan fingerprint density at radius 3 is 2.29 bits per heavy atom. The quantitative estimate of drug-likeness (QED) is 0.712. The van der Waals surface area contributed by atoms with Crippen LogP contribution >= 0.6 is 0 Å². The molecule has 0 unspecified atom stereocenters. The minimum absolute atomic E-state index is 0.364. The molecule has 2 heteroatoms. The number of aldehydes is 1. The zero-order valence-electron chi connectivity index (χ0n) is 9.83. The lowest BCUT2D eigenvalue weighted by molar-refractivity contribution is 0.112. The van der Waals surface area contributed by atoms with Gasteiger partial charge in [0, 0.05) is 5.56 Å². The molecule has 2 aromatic carbocycles. The van der Waals surface area contributed by atoms with Crippen LogP contribution in [0.2, 0.25) is 0 Å². The summed E-state index contributed by atoms with van der Waals surface area (Å²) < 4.78 is 13.4. The van der Waals surface area contributed by atoms with Crippen LogP contribution in [0.25, 0.3) is 11.1 Å². The van der Waals surface area contributed by atoms with Crippen molar-refractivity contribution in [1.82, 2.24) is 0 Å². The molecular formula is C15H13FO. The van der Waals surface area contributed by atoms with Crippen molar-refractivity contribution in [2.45, 2.75) is 13.8 Å². The smallest absolute Gasteiger partial charge is 0.150 e. The van der Waals surface area contributed by atoms with Crippen LogP contribution in [0.5, 0.6) is 0 Å². The number of carbonyl (C=O) groups excluding carboxylic acids is 1. The van der Waals surface area contributed by atoms with Crippen molar-refractivity contribution in [3.05, 3.63) is 58.9 Å². The molecule has 0 aliphatic rings. The van der Waals surface area contributed by atoms with Gasteiger partial charge in [-0.2, -0.15) is 0 Å². The lowest BCUT2D eigenvalue weighted by Crippen LogP contribution is -1.91. The Morgan fingerprint density at radius 1 is 1.06 bits per heavy atom. The molecule has 86 valence electrons. The second-order valence-corrected chi connectivity index (χ2v) is 4.16. The van der Waals surface area contributed by atoms with Gasteiger partial charge in [-0.25, -0.2) is 4.39 Å². The molecule has 0 amide bonds. The van der Waals surface area contributed by atoms with Crippen molar-refractivity contribution < 1.29 is 9.18 Å². The largest absolute Gasteiger partial charge is 0.298 e. The average molecular weight is 228 g/mol. The highest BCUT2D eigenvalue weighted by molar-refractivity contribution is 5.80. The van der Waals surface area contributed by atoms with Gasteiger partial charge in [0.1, 0.15) is 12.1 Å². The van der Waals surface area contributed by atoms with Gasteiger partial charge in [0.05, 0.1) is 0 Å². The van der Waals surface area contributed by atoms with Crippen LogP contribution in [-0.2, 0) is 0 Å². The van der Waals surface area contributed by atoms with E-state index in [0.717, 1.165) is 22.3 Å². The highest BCUT2D eigenvalue weighted by Gasteiger charge is 2.07. The molecule has 2 aromatic rings. The molecule has 0 radical (unpaired) electrons. The average Bonchev–Trinajstić information content (AvgIpc) is 2.28. The maximum atomic E-state index is 13.4. The van der Waals surface area contributed by atoms with Crippen LogP contribution in [0, 0.1) is 19.7 Å². The molecule has 0 saturated carbocycles. The van der Waals surface area contributed by atoms with Gasteiger partial charge in [0.25, 0.3) is 0 Å². The topological polar surface area (TPSA) is 17.1 Å². The summed E-state index contributed by atoms with van der Waals surface area (Å²) in [6.45, 7) is 3.96. The van der Waals surface area contributed by atoms with Crippen LogP contribution in [0.3, 0.4) is 0 Å². The molecule has 0 N–H and O–H groups in total. The van der Waals surface area contributed by atoms with E-state index in [0.29, 0.717) is 11.8 Å². The number of carbonyl (C=O) groups is 1. The monoisotopic (exact) mass is 228 g/mol. The van der Waals surface area contributed by atoms with Gasteiger partial charge in [-0.1, -0.05) is 18.2 Å². The predicted octanol–water partition coefficient (Wildman–Crippen LogP) is 3.92. The maximum absolute atomic E-state index is 13.4. The van der Waals surface area contributed by atoms with Crippen LogP contribution in [0.1, 0.15) is 21.5 Å². The van der Waals surface area contributed by atoms with Crippen LogP contribution < -0.4 is 0 Å². The molecule has 0 bridgehead atoms. The summed E-state index contributed by atoms with van der Waals surface area (Å²) in [5.41, 5.74) is 4.26. The van der Waals surface area contributed by atoms with Crippen LogP contribution in [0.4, 0.5) is 4.39 Å². The fourth-order valence-electron chi connectivity index (χ4n) is 2.09. The Bertz CT molecular complexity index is 553. The number of benzene rings is 2. The number of aryl methyl sites for hydroxylation is 2. The summed E-state index contributed by atoms with van der Waals surface area (Å²) in [7, 11) is 0. The van der Waals surface area contributed by atoms with Gasteiger partial charge >= 0.3 is 0 Å². The van der Waals surface area contributed by atoms with Crippen molar-refractivity contribution in [3.8, 4) is 11.1 Å². The van der Waals surface area contributed by atoms with E-state index in [4.69, 9.17) is 0 Å². The van der Waals surface area contributed by atoms with Crippen molar-refractivity contribution >= 4 is 6.29 Å². The lowest BCUT2D eigenvalue weighted by Gasteiger charge is -2.10. The first kappa shape index (κ1) is 11.5. The zero-order valence-corrected chi connectivity index (χ0v) is 9.83. The fourth-order valence-corrected chi connectivity index (χ4v) is 2.09. The van der Waals surface area contributed by atoms with Crippen molar-refractivity contribution in [2.75, 3.05) is 0 Å². The number of rotatable bonds is 2. The standard InChI is InChI=1S/C15H13FO/c1-10-4-3-5-11(2)15(10)13-6-12(9-17)7-14(16)8-13/h3-9H,1-2H3. The summed E-state index contributed by atoms with van der Waals surface area (Å²) in [5.74, 6) is -0.382. The Labute approximate surface area is 99.9 Å². The van der Waals surface area contributed by atoms with Gasteiger partial charge in [0.15, 0.2) is 0 Å². The Balaban J connectivity index is 2.68. The normalized spacial score (nSPS) is 10.3. The second-order valence-electron chi connectivity index (χ2n) is 4.16. The first-order chi connectivity index (χ1) is 8.11. The van der Waals surface area contributed by atoms with E-state index in [1.807, 2.05) is 32.0 Å². The van der Waals surface area contributed by atoms with Gasteiger partial charge in [-0.05, 0) is 54.3 Å². The van der Waals surface area contributed by atoms with E-state index in [1.54, 1.807) is 6.07 Å². The number of halogens is 1. The van der Waals surface area contributed by atoms with Gasteiger partial charge < -0.3 is 0 Å². The highest BCUT2D eigenvalue weighted by atomic mass is 19.1. The Kier molecular flexibility index (Phi) is 3.05. The lowest BCUT2D eigenvalue weighted by atomic mass is 9.95. The van der Waals surface area contributed by atoms with Crippen LogP contribution in [0.15, 0.2) is 36.4 Å². The minimum atomic E-state index is -0.382. The molecular weight excluding hydrogens is 215 g/mol. The van der Waals surface area contributed by atoms with Crippen molar-refractivity contribution in [2.24, 2.45) is 0 Å². The molecule has 0 aliphatic carbocycles. The maximum Gasteiger partial charge on any atom is 0.150 e. The van der Waals surface area contributed by atoms with Crippen molar-refractivity contribution in [1.29, 1.82) is 0 Å². The predicted molar refractivity (Wildman–Crippen MR) is 66.7 cm³/mol. The second kappa shape index (κ2) is 4.50. The van der Waals surface area contributed by atoms with Crippen molar-refractivity contribution in [3.63, 3.8) is 0 Å². The number of hydrogen-bond donors (Lipinski definition) is 0. The molecule has 17 heavy (non-hydrogen) atoms.